The van der Waals surface area contributed by atoms with Crippen molar-refractivity contribution in [2.45, 2.75) is 58.0 Å². The van der Waals surface area contributed by atoms with Gasteiger partial charge in [0, 0.05) is 36.5 Å². The summed E-state index contributed by atoms with van der Waals surface area (Å²) in [5.74, 6) is 2.32. The molecular formula is C27H35N5O. The zero-order valence-corrected chi connectivity index (χ0v) is 19.6. The fourth-order valence-electron chi connectivity index (χ4n) is 5.31. The van der Waals surface area contributed by atoms with Gasteiger partial charge in [-0.3, -0.25) is 9.69 Å². The molecule has 2 aliphatic rings. The Hall–Kier alpha value is -2.86. The summed E-state index contributed by atoms with van der Waals surface area (Å²) in [4.78, 5) is 15.3. The Kier molecular flexibility index (Phi) is 6.63. The minimum Gasteiger partial charge on any atom is -0.353 e. The quantitative estimate of drug-likeness (QED) is 0.605. The maximum Gasteiger partial charge on any atom is 0.223 e. The first-order valence-electron chi connectivity index (χ1n) is 12.5. The standard InChI is InChI=1S/C27H35N5O/c1-21-9-11-24(12-10-21)29-26(33)22-13-17-30(18-14-22)20-23-19-28-32(25-7-3-2-4-8-25)27(23)31-15-5-6-16-31/h2-8,15-16,19,21-22,24H,9-14,17-18,20H2,1H3,(H,29,33). The maximum atomic E-state index is 12.8. The third kappa shape index (κ3) is 5.06. The SMILES string of the molecule is CC1CCC(NC(=O)C2CCN(Cc3cnn(-c4ccccc4)c3-n3cccc3)CC2)CC1. The van der Waals surface area contributed by atoms with Crippen LogP contribution in [0.2, 0.25) is 0 Å². The van der Waals surface area contributed by atoms with Gasteiger partial charge in [0.15, 0.2) is 0 Å². The van der Waals surface area contributed by atoms with Crippen LogP contribution in [0.5, 0.6) is 0 Å². The van der Waals surface area contributed by atoms with Crippen LogP contribution >= 0.6 is 0 Å². The average molecular weight is 446 g/mol. The van der Waals surface area contributed by atoms with E-state index in [4.69, 9.17) is 5.10 Å². The number of nitrogens with zero attached hydrogens (tertiary/aromatic N) is 4. The van der Waals surface area contributed by atoms with E-state index in [0.29, 0.717) is 6.04 Å². The van der Waals surface area contributed by atoms with Gasteiger partial charge in [-0.1, -0.05) is 25.1 Å². The van der Waals surface area contributed by atoms with Gasteiger partial charge in [0.25, 0.3) is 0 Å². The fraction of sp³-hybridized carbons (Fsp3) is 0.481. The zero-order chi connectivity index (χ0) is 22.6. The summed E-state index contributed by atoms with van der Waals surface area (Å²) in [5.41, 5.74) is 2.26. The van der Waals surface area contributed by atoms with Crippen molar-refractivity contribution in [1.82, 2.24) is 24.6 Å². The van der Waals surface area contributed by atoms with E-state index in [1.165, 1.54) is 18.4 Å². The molecule has 1 aromatic carbocycles. The first-order valence-corrected chi connectivity index (χ1v) is 12.5. The van der Waals surface area contributed by atoms with Crippen LogP contribution in [0.25, 0.3) is 11.5 Å². The zero-order valence-electron chi connectivity index (χ0n) is 19.6. The van der Waals surface area contributed by atoms with Crippen LogP contribution in [0.1, 0.15) is 51.0 Å². The molecule has 1 saturated heterocycles. The number of piperidine rings is 1. The molecule has 33 heavy (non-hydrogen) atoms. The molecule has 2 fully saturated rings. The van der Waals surface area contributed by atoms with Gasteiger partial charge in [-0.05, 0) is 81.8 Å². The second-order valence-corrected chi connectivity index (χ2v) is 9.85. The Morgan fingerprint density at radius 2 is 1.67 bits per heavy atom. The lowest BCUT2D eigenvalue weighted by molar-refractivity contribution is -0.127. The number of rotatable bonds is 6. The molecule has 1 amide bonds. The fourth-order valence-corrected chi connectivity index (χ4v) is 5.31. The van der Waals surface area contributed by atoms with E-state index in [-0.39, 0.29) is 11.8 Å². The molecular weight excluding hydrogens is 410 g/mol. The predicted octanol–water partition coefficient (Wildman–Crippen LogP) is 4.57. The van der Waals surface area contributed by atoms with Crippen molar-refractivity contribution in [3.63, 3.8) is 0 Å². The summed E-state index contributed by atoms with van der Waals surface area (Å²) in [7, 11) is 0. The molecule has 0 spiro atoms. The summed E-state index contributed by atoms with van der Waals surface area (Å²) in [6.07, 6.45) is 12.8. The number of benzene rings is 1. The van der Waals surface area contributed by atoms with Crippen molar-refractivity contribution in [2.24, 2.45) is 11.8 Å². The molecule has 0 atom stereocenters. The first kappa shape index (κ1) is 22.0. The Morgan fingerprint density at radius 3 is 2.36 bits per heavy atom. The Labute approximate surface area is 196 Å². The maximum absolute atomic E-state index is 12.8. The molecule has 5 rings (SSSR count). The summed E-state index contributed by atoms with van der Waals surface area (Å²) in [6.45, 7) is 5.05. The number of para-hydroxylation sites is 1. The van der Waals surface area contributed by atoms with Gasteiger partial charge < -0.3 is 9.88 Å². The lowest BCUT2D eigenvalue weighted by Crippen LogP contribution is -2.44. The van der Waals surface area contributed by atoms with E-state index >= 15 is 0 Å². The van der Waals surface area contributed by atoms with Crippen LogP contribution in [0.3, 0.4) is 0 Å². The number of hydrogen-bond donors (Lipinski definition) is 1. The van der Waals surface area contributed by atoms with E-state index in [1.54, 1.807) is 0 Å². The van der Waals surface area contributed by atoms with Crippen molar-refractivity contribution in [3.05, 3.63) is 66.6 Å². The summed E-state index contributed by atoms with van der Waals surface area (Å²) >= 11 is 0. The molecule has 2 aromatic heterocycles. The molecule has 1 saturated carbocycles. The first-order chi connectivity index (χ1) is 16.2. The van der Waals surface area contributed by atoms with Crippen LogP contribution in [0.15, 0.2) is 61.1 Å². The smallest absolute Gasteiger partial charge is 0.223 e. The van der Waals surface area contributed by atoms with Crippen molar-refractivity contribution >= 4 is 5.91 Å². The topological polar surface area (TPSA) is 55.1 Å². The molecule has 0 unspecified atom stereocenters. The molecule has 1 aliphatic carbocycles. The highest BCUT2D eigenvalue weighted by Crippen LogP contribution is 2.26. The number of amides is 1. The van der Waals surface area contributed by atoms with Gasteiger partial charge in [-0.15, -0.1) is 0 Å². The van der Waals surface area contributed by atoms with Gasteiger partial charge in [0.2, 0.25) is 5.91 Å². The predicted molar refractivity (Wildman–Crippen MR) is 130 cm³/mol. The van der Waals surface area contributed by atoms with Gasteiger partial charge in [-0.25, -0.2) is 4.68 Å². The lowest BCUT2D eigenvalue weighted by atomic mass is 9.86. The van der Waals surface area contributed by atoms with Crippen LogP contribution in [-0.4, -0.2) is 44.3 Å². The van der Waals surface area contributed by atoms with E-state index in [1.807, 2.05) is 41.2 Å². The summed E-state index contributed by atoms with van der Waals surface area (Å²) in [6, 6.07) is 14.8. The Balaban J connectivity index is 1.22. The molecule has 6 nitrogen and oxygen atoms in total. The highest BCUT2D eigenvalue weighted by atomic mass is 16.1. The summed E-state index contributed by atoms with van der Waals surface area (Å²) < 4.78 is 4.15. The van der Waals surface area contributed by atoms with E-state index in [0.717, 1.165) is 62.7 Å². The van der Waals surface area contributed by atoms with Gasteiger partial charge in [-0.2, -0.15) is 5.10 Å². The second kappa shape index (κ2) is 9.96. The second-order valence-electron chi connectivity index (χ2n) is 9.85. The van der Waals surface area contributed by atoms with Crippen LogP contribution in [-0.2, 0) is 11.3 Å². The molecule has 6 heteroatoms. The van der Waals surface area contributed by atoms with Crippen LogP contribution < -0.4 is 5.32 Å². The molecule has 3 aromatic rings. The number of aromatic nitrogens is 3. The number of nitrogens with one attached hydrogen (secondary N) is 1. The van der Waals surface area contributed by atoms with E-state index in [2.05, 4.69) is 46.2 Å². The molecule has 1 aliphatic heterocycles. The normalized spacial score (nSPS) is 22.3. The highest BCUT2D eigenvalue weighted by Gasteiger charge is 2.28. The largest absolute Gasteiger partial charge is 0.353 e. The van der Waals surface area contributed by atoms with Gasteiger partial charge in [0.05, 0.1) is 11.9 Å². The third-order valence-corrected chi connectivity index (χ3v) is 7.38. The van der Waals surface area contributed by atoms with Gasteiger partial charge >= 0.3 is 0 Å². The van der Waals surface area contributed by atoms with Crippen molar-refractivity contribution in [2.75, 3.05) is 13.1 Å². The van der Waals surface area contributed by atoms with E-state index < -0.39 is 0 Å². The Bertz CT molecular complexity index is 1030. The van der Waals surface area contributed by atoms with Crippen LogP contribution in [0.4, 0.5) is 0 Å². The minimum absolute atomic E-state index is 0.150. The third-order valence-electron chi connectivity index (χ3n) is 7.38. The number of carbonyl (C=O) groups is 1. The van der Waals surface area contributed by atoms with Crippen molar-refractivity contribution in [1.29, 1.82) is 0 Å². The summed E-state index contributed by atoms with van der Waals surface area (Å²) in [5, 5.41) is 8.08. The monoisotopic (exact) mass is 445 g/mol. The Morgan fingerprint density at radius 1 is 0.970 bits per heavy atom. The highest BCUT2D eigenvalue weighted by molar-refractivity contribution is 5.79. The number of carbonyl (C=O) groups excluding carboxylic acids is 1. The number of hydrogen-bond acceptors (Lipinski definition) is 3. The number of likely N-dealkylation sites (tertiary alicyclic amines) is 1. The van der Waals surface area contributed by atoms with Crippen LogP contribution in [0, 0.1) is 11.8 Å². The van der Waals surface area contributed by atoms with Gasteiger partial charge in [0.1, 0.15) is 5.82 Å². The average Bonchev–Trinajstić information content (AvgIpc) is 3.51. The molecule has 0 bridgehead atoms. The lowest BCUT2D eigenvalue weighted by Gasteiger charge is -2.33. The molecule has 174 valence electrons. The van der Waals surface area contributed by atoms with E-state index in [9.17, 15) is 4.79 Å². The molecule has 3 heterocycles. The van der Waals surface area contributed by atoms with Crippen molar-refractivity contribution in [3.8, 4) is 11.5 Å². The molecule has 1 N–H and O–H groups in total. The minimum atomic E-state index is 0.150. The molecule has 0 radical (unpaired) electrons. The van der Waals surface area contributed by atoms with Crippen molar-refractivity contribution < 1.29 is 4.79 Å².